The number of ether oxygens (including phenoxy) is 1. The molecule has 0 amide bonds. The molecule has 4 rings (SSSR count). The Hall–Kier alpha value is -4.35. The van der Waals surface area contributed by atoms with Gasteiger partial charge < -0.3 is 9.84 Å². The molecule has 0 unspecified atom stereocenters. The summed E-state index contributed by atoms with van der Waals surface area (Å²) in [6.07, 6.45) is 0. The number of fused-ring (bicyclic) bond motifs is 1. The van der Waals surface area contributed by atoms with Crippen molar-refractivity contribution in [3.8, 4) is 28.1 Å². The summed E-state index contributed by atoms with van der Waals surface area (Å²) in [6.45, 7) is 2.57. The summed E-state index contributed by atoms with van der Waals surface area (Å²) < 4.78 is 5.48. The molecular formula is C24H18N4O3. The molecule has 0 spiro atoms. The van der Waals surface area contributed by atoms with E-state index < -0.39 is 5.97 Å². The molecular weight excluding hydrogens is 392 g/mol. The third-order valence-corrected chi connectivity index (χ3v) is 4.86. The molecule has 31 heavy (non-hydrogen) atoms. The highest BCUT2D eigenvalue weighted by atomic mass is 16.5. The van der Waals surface area contributed by atoms with Crippen molar-refractivity contribution in [1.82, 2.24) is 4.98 Å². The molecule has 1 heterocycles. The zero-order valence-corrected chi connectivity index (χ0v) is 16.7. The van der Waals surface area contributed by atoms with Crippen molar-refractivity contribution in [3.05, 3.63) is 88.8 Å². The van der Waals surface area contributed by atoms with Gasteiger partial charge in [-0.3, -0.25) is 0 Å². The van der Waals surface area contributed by atoms with Gasteiger partial charge >= 0.3 is 5.97 Å². The van der Waals surface area contributed by atoms with Crippen molar-refractivity contribution < 1.29 is 14.6 Å². The van der Waals surface area contributed by atoms with Crippen LogP contribution >= 0.6 is 0 Å². The maximum Gasteiger partial charge on any atom is 0.336 e. The van der Waals surface area contributed by atoms with E-state index in [0.29, 0.717) is 28.9 Å². The molecule has 0 saturated heterocycles. The van der Waals surface area contributed by atoms with E-state index in [1.165, 1.54) is 12.1 Å². The van der Waals surface area contributed by atoms with Crippen molar-refractivity contribution in [2.24, 2.45) is 5.11 Å². The summed E-state index contributed by atoms with van der Waals surface area (Å²) in [6, 6.07) is 22.0. The number of nitrogens with zero attached hydrogens (tertiary/aromatic N) is 4. The molecule has 0 bridgehead atoms. The topological polar surface area (TPSA) is 108 Å². The fraction of sp³-hybridized carbons (Fsp3) is 0.0833. The van der Waals surface area contributed by atoms with Crippen molar-refractivity contribution in [1.29, 1.82) is 0 Å². The summed E-state index contributed by atoms with van der Waals surface area (Å²) in [5.41, 5.74) is 13.0. The van der Waals surface area contributed by atoms with Crippen LogP contribution in [0, 0.1) is 0 Å². The smallest absolute Gasteiger partial charge is 0.336 e. The number of aromatic carboxylic acids is 1. The fourth-order valence-electron chi connectivity index (χ4n) is 3.40. The molecule has 0 saturated carbocycles. The minimum atomic E-state index is -1.07. The average molecular weight is 410 g/mol. The highest BCUT2D eigenvalue weighted by molar-refractivity contribution is 6.04. The lowest BCUT2D eigenvalue weighted by molar-refractivity contribution is 0.0699. The van der Waals surface area contributed by atoms with Crippen LogP contribution in [0.25, 0.3) is 43.7 Å². The number of aromatic nitrogens is 1. The molecule has 1 N–H and O–H groups in total. The Morgan fingerprint density at radius 3 is 2.26 bits per heavy atom. The van der Waals surface area contributed by atoms with E-state index in [1.807, 2.05) is 55.5 Å². The first kappa shape index (κ1) is 19.9. The van der Waals surface area contributed by atoms with Gasteiger partial charge in [0, 0.05) is 21.5 Å². The third kappa shape index (κ3) is 4.17. The molecule has 3 aromatic carbocycles. The van der Waals surface area contributed by atoms with Gasteiger partial charge in [0.2, 0.25) is 0 Å². The van der Waals surface area contributed by atoms with E-state index >= 15 is 0 Å². The minimum Gasteiger partial charge on any atom is -0.494 e. The minimum absolute atomic E-state index is 0.102. The number of hydrogen-bond donors (Lipinski definition) is 1. The van der Waals surface area contributed by atoms with Gasteiger partial charge in [0.1, 0.15) is 5.75 Å². The lowest BCUT2D eigenvalue weighted by Gasteiger charge is -2.09. The van der Waals surface area contributed by atoms with E-state index in [0.717, 1.165) is 22.4 Å². The summed E-state index contributed by atoms with van der Waals surface area (Å²) >= 11 is 0. The Labute approximate surface area is 178 Å². The van der Waals surface area contributed by atoms with Gasteiger partial charge in [-0.2, -0.15) is 0 Å². The van der Waals surface area contributed by atoms with E-state index in [4.69, 9.17) is 10.3 Å². The molecule has 7 nitrogen and oxygen atoms in total. The van der Waals surface area contributed by atoms with E-state index in [2.05, 4.69) is 15.0 Å². The molecule has 7 heteroatoms. The Morgan fingerprint density at radius 2 is 1.65 bits per heavy atom. The fourth-order valence-corrected chi connectivity index (χ4v) is 3.40. The van der Waals surface area contributed by atoms with E-state index in [-0.39, 0.29) is 5.56 Å². The number of carbonyl (C=O) groups is 1. The maximum atomic E-state index is 11.8. The van der Waals surface area contributed by atoms with Gasteiger partial charge in [-0.25, -0.2) is 9.78 Å². The average Bonchev–Trinajstić information content (AvgIpc) is 2.79. The molecule has 0 atom stereocenters. The van der Waals surface area contributed by atoms with Crippen LogP contribution in [0.5, 0.6) is 5.75 Å². The first-order valence-corrected chi connectivity index (χ1v) is 9.66. The van der Waals surface area contributed by atoms with Crippen LogP contribution < -0.4 is 4.74 Å². The Bertz CT molecular complexity index is 1310. The molecule has 0 aliphatic carbocycles. The van der Waals surface area contributed by atoms with E-state index in [9.17, 15) is 9.90 Å². The second-order valence-electron chi connectivity index (χ2n) is 6.79. The molecule has 0 fully saturated rings. The number of benzene rings is 3. The van der Waals surface area contributed by atoms with Gasteiger partial charge in [-0.1, -0.05) is 47.6 Å². The molecule has 1 aromatic heterocycles. The second-order valence-corrected chi connectivity index (χ2v) is 6.79. The lowest BCUT2D eigenvalue weighted by Crippen LogP contribution is -2.00. The predicted octanol–water partition coefficient (Wildman–Crippen LogP) is 6.61. The molecule has 152 valence electrons. The Balaban J connectivity index is 1.72. The van der Waals surface area contributed by atoms with Gasteiger partial charge in [0.25, 0.3) is 0 Å². The van der Waals surface area contributed by atoms with Crippen LogP contribution in [-0.4, -0.2) is 22.7 Å². The lowest BCUT2D eigenvalue weighted by atomic mass is 10.0. The van der Waals surface area contributed by atoms with Gasteiger partial charge in [0.05, 0.1) is 23.4 Å². The first-order valence-electron chi connectivity index (χ1n) is 9.66. The molecule has 0 radical (unpaired) electrons. The van der Waals surface area contributed by atoms with Gasteiger partial charge in [0.15, 0.2) is 0 Å². The predicted molar refractivity (Wildman–Crippen MR) is 120 cm³/mol. The SMILES string of the molecule is CCOc1ccc(-c2ccc(-c3cc(C(=O)O)c4cc(N=[N+]=[N-])ccc4n3)cc2)cc1. The number of rotatable bonds is 6. The monoisotopic (exact) mass is 410 g/mol. The zero-order chi connectivity index (χ0) is 21.8. The van der Waals surface area contributed by atoms with Gasteiger partial charge in [-0.05, 0) is 53.9 Å². The van der Waals surface area contributed by atoms with Gasteiger partial charge in [-0.15, -0.1) is 0 Å². The molecule has 0 aliphatic rings. The molecule has 4 aromatic rings. The second kappa shape index (κ2) is 8.57. The van der Waals surface area contributed by atoms with E-state index in [1.54, 1.807) is 12.1 Å². The van der Waals surface area contributed by atoms with Crippen LogP contribution in [0.4, 0.5) is 5.69 Å². The number of pyridine rings is 1. The normalized spacial score (nSPS) is 10.5. The number of carboxylic acids is 1. The zero-order valence-electron chi connectivity index (χ0n) is 16.7. The summed E-state index contributed by atoms with van der Waals surface area (Å²) in [5, 5.41) is 13.7. The largest absolute Gasteiger partial charge is 0.494 e. The third-order valence-electron chi connectivity index (χ3n) is 4.86. The van der Waals surface area contributed by atoms with Crippen LogP contribution in [0.15, 0.2) is 77.9 Å². The number of carboxylic acid groups (broad SMARTS) is 1. The highest BCUT2D eigenvalue weighted by Gasteiger charge is 2.14. The van der Waals surface area contributed by atoms with Crippen LogP contribution in [0.3, 0.4) is 0 Å². The Kier molecular flexibility index (Phi) is 5.51. The summed E-state index contributed by atoms with van der Waals surface area (Å²) in [4.78, 5) is 19.2. The standard InChI is InChI=1S/C24H18N4O3/c1-2-31-19-10-7-16(8-11-19)15-3-5-17(6-4-15)23-14-21(24(29)30)20-13-18(27-28-25)9-12-22(20)26-23/h3-14H,2H2,1H3,(H,29,30). The number of hydrogen-bond acceptors (Lipinski definition) is 4. The number of azide groups is 1. The van der Waals surface area contributed by atoms with Crippen LogP contribution in [0.1, 0.15) is 17.3 Å². The Morgan fingerprint density at radius 1 is 1.00 bits per heavy atom. The van der Waals surface area contributed by atoms with Crippen LogP contribution in [-0.2, 0) is 0 Å². The van der Waals surface area contributed by atoms with Crippen molar-refractivity contribution in [3.63, 3.8) is 0 Å². The van der Waals surface area contributed by atoms with Crippen molar-refractivity contribution in [2.75, 3.05) is 6.61 Å². The summed E-state index contributed by atoms with van der Waals surface area (Å²) in [7, 11) is 0. The van der Waals surface area contributed by atoms with Crippen molar-refractivity contribution in [2.45, 2.75) is 6.92 Å². The summed E-state index contributed by atoms with van der Waals surface area (Å²) in [5.74, 6) is -0.245. The highest BCUT2D eigenvalue weighted by Crippen LogP contribution is 2.30. The first-order chi connectivity index (χ1) is 15.1. The maximum absolute atomic E-state index is 11.8. The molecule has 0 aliphatic heterocycles. The van der Waals surface area contributed by atoms with Crippen LogP contribution in [0.2, 0.25) is 0 Å². The van der Waals surface area contributed by atoms with Crippen molar-refractivity contribution >= 4 is 22.6 Å². The quantitative estimate of drug-likeness (QED) is 0.219.